The first-order valence-electron chi connectivity index (χ1n) is 10.3. The largest absolute Gasteiger partial charge is 0.468 e. The van der Waals surface area contributed by atoms with Crippen molar-refractivity contribution in [1.82, 2.24) is 0 Å². The Morgan fingerprint density at radius 1 is 0.682 bits per heavy atom. The topological polar surface area (TPSA) is 0 Å². The van der Waals surface area contributed by atoms with Gasteiger partial charge in [-0.05, 0) is 18.3 Å². The summed E-state index contributed by atoms with van der Waals surface area (Å²) in [5.41, 5.74) is 0. The highest BCUT2D eigenvalue weighted by atomic mass is 79.9. The number of rotatable bonds is 17. The lowest BCUT2D eigenvalue weighted by molar-refractivity contribution is 0.364. The van der Waals surface area contributed by atoms with Gasteiger partial charge in [0.2, 0.25) is 0 Å². The van der Waals surface area contributed by atoms with Gasteiger partial charge in [0, 0.05) is 0 Å². The van der Waals surface area contributed by atoms with Gasteiger partial charge in [0.05, 0.1) is 0 Å². The van der Waals surface area contributed by atoms with Crippen LogP contribution in [0.1, 0.15) is 111 Å². The predicted molar refractivity (Wildman–Crippen MR) is 108 cm³/mol. The highest BCUT2D eigenvalue weighted by molar-refractivity contribution is 9.23. The summed E-state index contributed by atoms with van der Waals surface area (Å²) in [6, 6.07) is 0. The number of halogens is 1. The molecule has 0 spiro atoms. The third-order valence-electron chi connectivity index (χ3n) is 4.94. The molecule has 0 aromatic rings. The summed E-state index contributed by atoms with van der Waals surface area (Å²) in [6.45, 7) is 7.24. The Bertz CT molecular complexity index is 208. The fraction of sp³-hybridized carbons (Fsp3) is 1.00. The van der Waals surface area contributed by atoms with Gasteiger partial charge in [-0.25, -0.2) is 0 Å². The Labute approximate surface area is 157 Å². The molecule has 0 N–H and O–H groups in total. The molecule has 0 rings (SSSR count). The smallest absolute Gasteiger partial charge is 0.307 e. The van der Waals surface area contributed by atoms with E-state index in [1.165, 1.54) is 94.4 Å². The fourth-order valence-electron chi connectivity index (χ4n) is 3.49. The average molecular weight is 386 g/mol. The molecular weight excluding hydrogens is 344 g/mol. The lowest BCUT2D eigenvalue weighted by atomic mass is 9.90. The van der Waals surface area contributed by atoms with E-state index in [4.69, 9.17) is 0 Å². The molecular formula is C20H41BrMg. The van der Waals surface area contributed by atoms with Crippen molar-refractivity contribution < 1.29 is 0 Å². The summed E-state index contributed by atoms with van der Waals surface area (Å²) in [4.78, 5) is 0. The van der Waals surface area contributed by atoms with E-state index in [1.807, 2.05) is 0 Å². The van der Waals surface area contributed by atoms with Crippen molar-refractivity contribution in [2.75, 3.05) is 0 Å². The van der Waals surface area contributed by atoms with Crippen molar-refractivity contribution in [3.63, 3.8) is 0 Å². The Hall–Kier alpha value is 1.25. The molecule has 0 aliphatic carbocycles. The highest BCUT2D eigenvalue weighted by Gasteiger charge is 2.08. The van der Waals surface area contributed by atoms with Crippen LogP contribution in [0.25, 0.3) is 0 Å². The summed E-state index contributed by atoms with van der Waals surface area (Å²) in [7, 11) is 0. The molecule has 2 atom stereocenters. The summed E-state index contributed by atoms with van der Waals surface area (Å²) in [5, 5.41) is 0. The zero-order valence-electron chi connectivity index (χ0n) is 15.8. The highest BCUT2D eigenvalue weighted by Crippen LogP contribution is 2.22. The summed E-state index contributed by atoms with van der Waals surface area (Å²) in [6.07, 6.45) is 20.5. The van der Waals surface area contributed by atoms with E-state index in [-0.39, 0.29) is 18.2 Å². The second kappa shape index (κ2) is 18.6. The summed E-state index contributed by atoms with van der Waals surface area (Å²) >= 11 is 3.79. The predicted octanol–water partition coefficient (Wildman–Crippen LogP) is 8.17. The monoisotopic (exact) mass is 384 g/mol. The molecule has 0 saturated carbocycles. The quantitative estimate of drug-likeness (QED) is 0.175. The van der Waals surface area contributed by atoms with Gasteiger partial charge >= 0.3 is 18.2 Å². The van der Waals surface area contributed by atoms with Crippen molar-refractivity contribution in [2.45, 2.75) is 115 Å². The second-order valence-electron chi connectivity index (χ2n) is 7.60. The first-order valence-corrected chi connectivity index (χ1v) is 15.2. The molecule has 0 fully saturated rings. The Morgan fingerprint density at radius 3 is 1.64 bits per heavy atom. The van der Waals surface area contributed by atoms with Gasteiger partial charge in [0.1, 0.15) is 0 Å². The van der Waals surface area contributed by atoms with Gasteiger partial charge in [-0.3, -0.25) is 0 Å². The van der Waals surface area contributed by atoms with Gasteiger partial charge in [-0.1, -0.05) is 104 Å². The molecule has 22 heavy (non-hydrogen) atoms. The first kappa shape index (κ1) is 23.2. The van der Waals surface area contributed by atoms with Crippen LogP contribution >= 0.6 is 12.9 Å². The molecule has 0 bridgehead atoms. The van der Waals surface area contributed by atoms with Gasteiger partial charge in [0.15, 0.2) is 0 Å². The van der Waals surface area contributed by atoms with E-state index in [0.29, 0.717) is 0 Å². The molecule has 0 aromatic carbocycles. The SMILES string of the molecule is CCCCCCCCCCCCC(C)CC(C)CC[CH2][Mg][Br]. The minimum Gasteiger partial charge on any atom is -0.307 e. The zero-order valence-corrected chi connectivity index (χ0v) is 18.8. The second-order valence-corrected chi connectivity index (χ2v) is 11.1. The molecule has 2 unspecified atom stereocenters. The van der Waals surface area contributed by atoms with Gasteiger partial charge < -0.3 is 12.9 Å². The minimum absolute atomic E-state index is 0.126. The summed E-state index contributed by atoms with van der Waals surface area (Å²) in [5.74, 6) is 1.90. The van der Waals surface area contributed by atoms with Crippen molar-refractivity contribution in [3.05, 3.63) is 0 Å². The first-order chi connectivity index (χ1) is 10.7. The maximum Gasteiger partial charge on any atom is 0.468 e. The molecule has 130 valence electrons. The molecule has 0 heterocycles. The summed E-state index contributed by atoms with van der Waals surface area (Å²) < 4.78 is 1.48. The average Bonchev–Trinajstić information content (AvgIpc) is 2.49. The number of hydrogen-bond donors (Lipinski definition) is 0. The third-order valence-corrected chi connectivity index (χ3v) is 7.39. The van der Waals surface area contributed by atoms with Gasteiger partial charge in [0.25, 0.3) is 0 Å². The Morgan fingerprint density at radius 2 is 1.14 bits per heavy atom. The van der Waals surface area contributed by atoms with E-state index >= 15 is 0 Å². The molecule has 2 heteroatoms. The number of unbranched alkanes of at least 4 members (excludes halogenated alkanes) is 9. The maximum atomic E-state index is 3.66. The van der Waals surface area contributed by atoms with Crippen LogP contribution in [-0.4, -0.2) is 18.2 Å². The van der Waals surface area contributed by atoms with Crippen molar-refractivity contribution in [3.8, 4) is 0 Å². The van der Waals surface area contributed by atoms with E-state index in [9.17, 15) is 0 Å². The van der Waals surface area contributed by atoms with E-state index in [2.05, 4.69) is 33.7 Å². The van der Waals surface area contributed by atoms with Crippen LogP contribution in [0.5, 0.6) is 0 Å². The van der Waals surface area contributed by atoms with E-state index in [0.717, 1.165) is 11.8 Å². The van der Waals surface area contributed by atoms with Crippen LogP contribution in [0.4, 0.5) is 0 Å². The molecule has 0 aromatic heterocycles. The molecule has 0 saturated heterocycles. The number of hydrogen-bond acceptors (Lipinski definition) is 0. The van der Waals surface area contributed by atoms with Crippen molar-refractivity contribution in [2.24, 2.45) is 11.8 Å². The van der Waals surface area contributed by atoms with Crippen LogP contribution in [0.2, 0.25) is 4.55 Å². The molecule has 0 amide bonds. The lowest BCUT2D eigenvalue weighted by Crippen LogP contribution is -2.03. The van der Waals surface area contributed by atoms with Crippen molar-refractivity contribution in [1.29, 1.82) is 0 Å². The normalized spacial score (nSPS) is 13.8. The minimum atomic E-state index is 0.126. The molecule has 0 nitrogen and oxygen atoms in total. The van der Waals surface area contributed by atoms with Crippen LogP contribution in [0, 0.1) is 11.8 Å². The van der Waals surface area contributed by atoms with Crippen LogP contribution in [-0.2, 0) is 0 Å². The van der Waals surface area contributed by atoms with Crippen molar-refractivity contribution >= 4 is 31.1 Å². The standard InChI is InChI=1S/C20H41.BrH.Mg/c1-5-7-8-9-10-11-12-13-14-15-17-20(4)18-19(3)16-6-2;;/h19-20H,2,5-18H2,1,3-4H3;1H;/q;;+1/p-1. The van der Waals surface area contributed by atoms with E-state index < -0.39 is 0 Å². The van der Waals surface area contributed by atoms with Crippen LogP contribution in [0.15, 0.2) is 0 Å². The third kappa shape index (κ3) is 17.6. The lowest BCUT2D eigenvalue weighted by Gasteiger charge is -2.17. The molecule has 0 radical (unpaired) electrons. The molecule has 0 aliphatic rings. The molecule has 0 aliphatic heterocycles. The Balaban J connectivity index is 3.25. The zero-order chi connectivity index (χ0) is 16.5. The van der Waals surface area contributed by atoms with Gasteiger partial charge in [-0.15, -0.1) is 4.55 Å². The van der Waals surface area contributed by atoms with Crippen LogP contribution < -0.4 is 0 Å². The maximum absolute atomic E-state index is 3.66. The van der Waals surface area contributed by atoms with Crippen LogP contribution in [0.3, 0.4) is 0 Å². The van der Waals surface area contributed by atoms with E-state index in [1.54, 1.807) is 0 Å². The Kier molecular flexibility index (Phi) is 19.6. The fourth-order valence-corrected chi connectivity index (χ4v) is 5.16. The van der Waals surface area contributed by atoms with Gasteiger partial charge in [-0.2, -0.15) is 0 Å².